The molecule has 1 unspecified atom stereocenters. The lowest BCUT2D eigenvalue weighted by Crippen LogP contribution is -2.55. The van der Waals surface area contributed by atoms with E-state index in [1.807, 2.05) is 0 Å². The third-order valence-corrected chi connectivity index (χ3v) is 5.95. The van der Waals surface area contributed by atoms with Crippen LogP contribution in [0.4, 0.5) is 0 Å². The Morgan fingerprint density at radius 1 is 1.07 bits per heavy atom. The molecule has 0 amide bonds. The smallest absolute Gasteiger partial charge is 0.0692 e. The Morgan fingerprint density at radius 3 is 2.47 bits per heavy atom. The van der Waals surface area contributed by atoms with Crippen molar-refractivity contribution >= 4 is 0 Å². The van der Waals surface area contributed by atoms with Crippen molar-refractivity contribution in [2.45, 2.75) is 58.3 Å². The normalized spacial score (nSPS) is 53.3. The first-order chi connectivity index (χ1) is 7.21. The van der Waals surface area contributed by atoms with Gasteiger partial charge in [0.05, 0.1) is 11.5 Å². The molecule has 1 nitrogen and oxygen atoms in total. The molecule has 0 aromatic rings. The molecule has 0 spiro atoms. The first kappa shape index (κ1) is 9.70. The van der Waals surface area contributed by atoms with Gasteiger partial charge in [0.2, 0.25) is 0 Å². The number of nitriles is 1. The van der Waals surface area contributed by atoms with Crippen molar-refractivity contribution in [3.63, 3.8) is 0 Å². The van der Waals surface area contributed by atoms with E-state index >= 15 is 0 Å². The third kappa shape index (κ3) is 1.09. The zero-order valence-corrected chi connectivity index (χ0v) is 9.76. The van der Waals surface area contributed by atoms with E-state index in [0.717, 1.165) is 11.8 Å². The molecule has 4 aliphatic rings. The van der Waals surface area contributed by atoms with E-state index in [9.17, 15) is 5.26 Å². The number of hydrogen-bond acceptors (Lipinski definition) is 1. The number of rotatable bonds is 0. The fourth-order valence-electron chi connectivity index (χ4n) is 5.09. The lowest BCUT2D eigenvalue weighted by Gasteiger charge is -2.61. The van der Waals surface area contributed by atoms with E-state index in [1.54, 1.807) is 0 Å². The summed E-state index contributed by atoms with van der Waals surface area (Å²) >= 11 is 0. The fraction of sp³-hybridized carbons (Fsp3) is 0.929. The highest BCUT2D eigenvalue weighted by Gasteiger charge is 2.59. The predicted octanol–water partition coefficient (Wildman–Crippen LogP) is 3.90. The first-order valence-electron chi connectivity index (χ1n) is 6.63. The van der Waals surface area contributed by atoms with Crippen LogP contribution in [0.1, 0.15) is 58.3 Å². The van der Waals surface area contributed by atoms with Crippen LogP contribution in [-0.2, 0) is 0 Å². The number of hydrogen-bond donors (Lipinski definition) is 0. The van der Waals surface area contributed by atoms with Gasteiger partial charge in [0.15, 0.2) is 0 Å². The van der Waals surface area contributed by atoms with Crippen molar-refractivity contribution in [3.8, 4) is 6.07 Å². The van der Waals surface area contributed by atoms with Crippen molar-refractivity contribution in [1.82, 2.24) is 0 Å². The Bertz CT molecular complexity index is 306. The van der Waals surface area contributed by atoms with E-state index in [0.29, 0.717) is 5.41 Å². The van der Waals surface area contributed by atoms with Gasteiger partial charge in [0.1, 0.15) is 0 Å². The van der Waals surface area contributed by atoms with Crippen LogP contribution in [0.5, 0.6) is 0 Å². The van der Waals surface area contributed by atoms with Crippen molar-refractivity contribution in [1.29, 1.82) is 5.26 Å². The lowest BCUT2D eigenvalue weighted by molar-refractivity contribution is -0.115. The molecule has 0 saturated heterocycles. The molecule has 82 valence electrons. The summed E-state index contributed by atoms with van der Waals surface area (Å²) in [5.41, 5.74) is 0.619. The van der Waals surface area contributed by atoms with Crippen molar-refractivity contribution in [2.75, 3.05) is 0 Å². The second-order valence-electron chi connectivity index (χ2n) is 6.35. The van der Waals surface area contributed by atoms with Gasteiger partial charge in [-0.15, -0.1) is 0 Å². The Hall–Kier alpha value is -0.510. The van der Waals surface area contributed by atoms with Crippen LogP contribution in [0.25, 0.3) is 0 Å². The molecule has 2 bridgehead atoms. The largest absolute Gasteiger partial charge is 0.198 e. The zero-order chi connectivity index (χ0) is 10.5. The summed E-state index contributed by atoms with van der Waals surface area (Å²) in [5, 5.41) is 9.57. The molecular formula is C14H21N. The van der Waals surface area contributed by atoms with Crippen LogP contribution in [-0.4, -0.2) is 0 Å². The summed E-state index contributed by atoms with van der Waals surface area (Å²) in [5.74, 6) is 1.68. The molecule has 0 N–H and O–H groups in total. The van der Waals surface area contributed by atoms with Gasteiger partial charge in [-0.05, 0) is 55.8 Å². The average Bonchev–Trinajstić information content (AvgIpc) is 2.30. The summed E-state index contributed by atoms with van der Waals surface area (Å²) in [4.78, 5) is 0. The Labute approximate surface area is 92.9 Å². The predicted molar refractivity (Wildman–Crippen MR) is 60.1 cm³/mol. The van der Waals surface area contributed by atoms with Crippen LogP contribution >= 0.6 is 0 Å². The molecule has 4 saturated carbocycles. The van der Waals surface area contributed by atoms with Crippen LogP contribution in [0.15, 0.2) is 0 Å². The summed E-state index contributed by atoms with van der Waals surface area (Å²) < 4.78 is 0. The molecule has 0 aliphatic heterocycles. The maximum atomic E-state index is 9.57. The highest BCUT2D eigenvalue weighted by atomic mass is 14.6. The van der Waals surface area contributed by atoms with Crippen molar-refractivity contribution in [2.24, 2.45) is 22.7 Å². The molecule has 0 aromatic heterocycles. The van der Waals surface area contributed by atoms with Gasteiger partial charge >= 0.3 is 0 Å². The van der Waals surface area contributed by atoms with Gasteiger partial charge in [-0.1, -0.05) is 19.8 Å². The standard InChI is InChI=1S/C14H21N/c1-13-7-3-2-4-12(13)14(10-15)8-5-11(13)6-9-14/h11-12H,2-9H2,1H3/t11?,12?,13-,14?/m1/s1. The molecule has 4 rings (SSSR count). The zero-order valence-electron chi connectivity index (χ0n) is 9.76. The minimum absolute atomic E-state index is 0.0872. The highest BCUT2D eigenvalue weighted by molar-refractivity contribution is 5.16. The Balaban J connectivity index is 2.03. The molecule has 4 aliphatic carbocycles. The molecule has 0 radical (unpaired) electrons. The second kappa shape index (κ2) is 3.00. The molecule has 0 heterocycles. The SMILES string of the molecule is C[C@]12CCCCC1C1(C#N)CCC2CC1. The summed E-state index contributed by atoms with van der Waals surface area (Å²) in [6.07, 6.45) is 10.6. The van der Waals surface area contributed by atoms with E-state index in [1.165, 1.54) is 51.4 Å². The van der Waals surface area contributed by atoms with E-state index in [-0.39, 0.29) is 5.41 Å². The molecule has 0 aromatic carbocycles. The van der Waals surface area contributed by atoms with Gasteiger partial charge in [-0.25, -0.2) is 0 Å². The summed E-state index contributed by atoms with van der Waals surface area (Å²) in [6.45, 7) is 2.49. The van der Waals surface area contributed by atoms with Gasteiger partial charge < -0.3 is 0 Å². The minimum Gasteiger partial charge on any atom is -0.198 e. The monoisotopic (exact) mass is 203 g/mol. The van der Waals surface area contributed by atoms with E-state index in [2.05, 4.69) is 13.0 Å². The fourth-order valence-corrected chi connectivity index (χ4v) is 5.09. The molecule has 2 atom stereocenters. The highest BCUT2D eigenvalue weighted by Crippen LogP contribution is 2.66. The summed E-state index contributed by atoms with van der Waals surface area (Å²) in [7, 11) is 0. The molecule has 1 heteroatoms. The van der Waals surface area contributed by atoms with Crippen molar-refractivity contribution < 1.29 is 0 Å². The topological polar surface area (TPSA) is 23.8 Å². The van der Waals surface area contributed by atoms with Gasteiger partial charge in [0, 0.05) is 0 Å². The number of nitrogens with zero attached hydrogens (tertiary/aromatic N) is 1. The van der Waals surface area contributed by atoms with E-state index in [4.69, 9.17) is 0 Å². The molecule has 15 heavy (non-hydrogen) atoms. The van der Waals surface area contributed by atoms with Crippen LogP contribution in [0, 0.1) is 34.0 Å². The first-order valence-corrected chi connectivity index (χ1v) is 6.63. The van der Waals surface area contributed by atoms with Crippen LogP contribution in [0.2, 0.25) is 0 Å². The van der Waals surface area contributed by atoms with Gasteiger partial charge in [-0.3, -0.25) is 0 Å². The quantitative estimate of drug-likeness (QED) is 0.586. The Kier molecular flexibility index (Phi) is 1.94. The van der Waals surface area contributed by atoms with Crippen molar-refractivity contribution in [3.05, 3.63) is 0 Å². The molecule has 4 fully saturated rings. The van der Waals surface area contributed by atoms with Crippen LogP contribution in [0.3, 0.4) is 0 Å². The maximum absolute atomic E-state index is 9.57. The van der Waals surface area contributed by atoms with E-state index < -0.39 is 0 Å². The summed E-state index contributed by atoms with van der Waals surface area (Å²) in [6, 6.07) is 2.73. The maximum Gasteiger partial charge on any atom is 0.0692 e. The van der Waals surface area contributed by atoms with Gasteiger partial charge in [0.25, 0.3) is 0 Å². The number of fused-ring (bicyclic) bond motifs is 2. The van der Waals surface area contributed by atoms with Gasteiger partial charge in [-0.2, -0.15) is 5.26 Å². The second-order valence-corrected chi connectivity index (χ2v) is 6.35. The molecular weight excluding hydrogens is 182 g/mol. The Morgan fingerprint density at radius 2 is 1.80 bits per heavy atom. The third-order valence-electron chi connectivity index (χ3n) is 5.95. The lowest BCUT2D eigenvalue weighted by atomic mass is 9.42. The van der Waals surface area contributed by atoms with Crippen LogP contribution < -0.4 is 0 Å². The minimum atomic E-state index is 0.0872. The average molecular weight is 203 g/mol.